The molecule has 3 N–H and O–H groups in total. The molecule has 0 aliphatic carbocycles. The molecule has 2 aromatic rings. The van der Waals surface area contributed by atoms with Gasteiger partial charge in [-0.1, -0.05) is 52.8 Å². The first-order valence-electron chi connectivity index (χ1n) is 10.7. The molecule has 0 bridgehead atoms. The molecule has 2 aromatic carbocycles. The van der Waals surface area contributed by atoms with E-state index in [9.17, 15) is 19.2 Å². The molecule has 3 amide bonds. The summed E-state index contributed by atoms with van der Waals surface area (Å²) in [4.78, 5) is 49.3. The lowest BCUT2D eigenvalue weighted by Gasteiger charge is -2.17. The van der Waals surface area contributed by atoms with Crippen LogP contribution in [0.15, 0.2) is 48.5 Å². The molecule has 8 heteroatoms. The predicted molar refractivity (Wildman–Crippen MR) is 127 cm³/mol. The van der Waals surface area contributed by atoms with Gasteiger partial charge in [0.15, 0.2) is 6.61 Å². The first-order chi connectivity index (χ1) is 15.5. The van der Waals surface area contributed by atoms with Gasteiger partial charge >= 0.3 is 5.97 Å². The lowest BCUT2D eigenvalue weighted by Crippen LogP contribution is -2.29. The van der Waals surface area contributed by atoms with Gasteiger partial charge in [0.1, 0.15) is 0 Å². The average molecular weight is 454 g/mol. The standard InChI is InChI=1S/C25H31N3O5/c1-16(2)14-26-22(30)19-11-6-7-12-20(19)28-21(29)15-33-23(31)17-9-8-10-18(13-17)27-24(32)25(3,4)5/h6-13,16H,14-15H2,1-5H3,(H,26,30)(H,27,32)(H,28,29). The van der Waals surface area contributed by atoms with Gasteiger partial charge in [0.05, 0.1) is 16.8 Å². The van der Waals surface area contributed by atoms with Gasteiger partial charge in [-0.05, 0) is 36.2 Å². The van der Waals surface area contributed by atoms with Gasteiger partial charge in [0.25, 0.3) is 11.8 Å². The summed E-state index contributed by atoms with van der Waals surface area (Å²) in [5.41, 5.74) is 0.710. The largest absolute Gasteiger partial charge is 0.452 e. The molecule has 0 aromatic heterocycles. The van der Waals surface area contributed by atoms with Crippen LogP contribution in [-0.4, -0.2) is 36.8 Å². The minimum Gasteiger partial charge on any atom is -0.452 e. The molecular formula is C25H31N3O5. The highest BCUT2D eigenvalue weighted by atomic mass is 16.5. The summed E-state index contributed by atoms with van der Waals surface area (Å²) in [6.07, 6.45) is 0. The first-order valence-corrected chi connectivity index (χ1v) is 10.7. The van der Waals surface area contributed by atoms with Crippen molar-refractivity contribution in [3.8, 4) is 0 Å². The zero-order valence-corrected chi connectivity index (χ0v) is 19.7. The third-order valence-electron chi connectivity index (χ3n) is 4.49. The summed E-state index contributed by atoms with van der Waals surface area (Å²) >= 11 is 0. The van der Waals surface area contributed by atoms with Crippen LogP contribution in [0, 0.1) is 11.3 Å². The van der Waals surface area contributed by atoms with Crippen molar-refractivity contribution < 1.29 is 23.9 Å². The number of esters is 1. The maximum absolute atomic E-state index is 12.4. The van der Waals surface area contributed by atoms with Gasteiger partial charge < -0.3 is 20.7 Å². The highest BCUT2D eigenvalue weighted by Gasteiger charge is 2.21. The Morgan fingerprint density at radius 1 is 0.939 bits per heavy atom. The van der Waals surface area contributed by atoms with Gasteiger partial charge in [0, 0.05) is 17.6 Å². The lowest BCUT2D eigenvalue weighted by atomic mass is 9.95. The number of rotatable bonds is 8. The number of carbonyl (C=O) groups is 4. The van der Waals surface area contributed by atoms with Gasteiger partial charge in [-0.2, -0.15) is 0 Å². The highest BCUT2D eigenvalue weighted by molar-refractivity contribution is 6.04. The molecule has 0 fully saturated rings. The first kappa shape index (κ1) is 25.6. The Labute approximate surface area is 194 Å². The molecular weight excluding hydrogens is 422 g/mol. The van der Waals surface area contributed by atoms with Crippen molar-refractivity contribution >= 4 is 35.1 Å². The average Bonchev–Trinajstić information content (AvgIpc) is 2.75. The van der Waals surface area contributed by atoms with Crippen LogP contribution < -0.4 is 16.0 Å². The summed E-state index contributed by atoms with van der Waals surface area (Å²) in [5.74, 6) is -1.49. The van der Waals surface area contributed by atoms with E-state index in [1.807, 2.05) is 13.8 Å². The van der Waals surface area contributed by atoms with E-state index in [2.05, 4.69) is 16.0 Å². The number of hydrogen-bond acceptors (Lipinski definition) is 5. The fraction of sp³-hybridized carbons (Fsp3) is 0.360. The molecule has 2 rings (SSSR count). The Bertz CT molecular complexity index is 1020. The SMILES string of the molecule is CC(C)CNC(=O)c1ccccc1NC(=O)COC(=O)c1cccc(NC(=O)C(C)(C)C)c1. The van der Waals surface area contributed by atoms with Crippen LogP contribution >= 0.6 is 0 Å². The summed E-state index contributed by atoms with van der Waals surface area (Å²) in [5, 5.41) is 8.16. The number of hydrogen-bond donors (Lipinski definition) is 3. The van der Waals surface area contributed by atoms with Crippen molar-refractivity contribution in [3.05, 3.63) is 59.7 Å². The number of nitrogens with one attached hydrogen (secondary N) is 3. The van der Waals surface area contributed by atoms with Crippen molar-refractivity contribution in [3.63, 3.8) is 0 Å². The van der Waals surface area contributed by atoms with E-state index in [0.29, 0.717) is 23.5 Å². The van der Waals surface area contributed by atoms with E-state index < -0.39 is 23.9 Å². The normalized spacial score (nSPS) is 11.0. The third kappa shape index (κ3) is 8.07. The second kappa shape index (κ2) is 11.3. The second-order valence-corrected chi connectivity index (χ2v) is 9.06. The molecule has 0 aliphatic rings. The van der Waals surface area contributed by atoms with E-state index in [1.54, 1.807) is 57.2 Å². The van der Waals surface area contributed by atoms with Crippen LogP contribution in [0.25, 0.3) is 0 Å². The molecule has 0 saturated carbocycles. The van der Waals surface area contributed by atoms with Crippen LogP contribution in [0.1, 0.15) is 55.3 Å². The number of anilines is 2. The van der Waals surface area contributed by atoms with Crippen molar-refractivity contribution in [2.45, 2.75) is 34.6 Å². The Morgan fingerprint density at radius 3 is 2.30 bits per heavy atom. The van der Waals surface area contributed by atoms with Crippen LogP contribution in [0.3, 0.4) is 0 Å². The van der Waals surface area contributed by atoms with E-state index in [-0.39, 0.29) is 23.3 Å². The predicted octanol–water partition coefficient (Wildman–Crippen LogP) is 3.85. The molecule has 0 atom stereocenters. The third-order valence-corrected chi connectivity index (χ3v) is 4.49. The maximum atomic E-state index is 12.4. The summed E-state index contributed by atoms with van der Waals surface area (Å²) in [6.45, 7) is 9.29. The van der Waals surface area contributed by atoms with Crippen molar-refractivity contribution in [2.24, 2.45) is 11.3 Å². The smallest absolute Gasteiger partial charge is 0.338 e. The summed E-state index contributed by atoms with van der Waals surface area (Å²) in [7, 11) is 0. The molecule has 8 nitrogen and oxygen atoms in total. The van der Waals surface area contributed by atoms with Crippen molar-refractivity contribution in [1.82, 2.24) is 5.32 Å². The van der Waals surface area contributed by atoms with Crippen molar-refractivity contribution in [1.29, 1.82) is 0 Å². The monoisotopic (exact) mass is 453 g/mol. The van der Waals surface area contributed by atoms with Gasteiger partial charge in [-0.25, -0.2) is 4.79 Å². The second-order valence-electron chi connectivity index (χ2n) is 9.06. The number of carbonyl (C=O) groups excluding carboxylic acids is 4. The zero-order chi connectivity index (χ0) is 24.6. The Morgan fingerprint density at radius 2 is 1.64 bits per heavy atom. The molecule has 33 heavy (non-hydrogen) atoms. The Hall–Kier alpha value is -3.68. The van der Waals surface area contributed by atoms with E-state index in [4.69, 9.17) is 4.74 Å². The van der Waals surface area contributed by atoms with E-state index >= 15 is 0 Å². The highest BCUT2D eigenvalue weighted by Crippen LogP contribution is 2.19. The van der Waals surface area contributed by atoms with E-state index in [0.717, 1.165) is 0 Å². The fourth-order valence-corrected chi connectivity index (χ4v) is 2.63. The van der Waals surface area contributed by atoms with Gasteiger partial charge in [-0.15, -0.1) is 0 Å². The molecule has 0 radical (unpaired) electrons. The molecule has 0 unspecified atom stereocenters. The molecule has 176 valence electrons. The van der Waals surface area contributed by atoms with Gasteiger partial charge in [0.2, 0.25) is 5.91 Å². The summed E-state index contributed by atoms with van der Waals surface area (Å²) in [6, 6.07) is 12.9. The van der Waals surface area contributed by atoms with Crippen molar-refractivity contribution in [2.75, 3.05) is 23.8 Å². The fourth-order valence-electron chi connectivity index (χ4n) is 2.63. The van der Waals surface area contributed by atoms with E-state index in [1.165, 1.54) is 12.1 Å². The zero-order valence-electron chi connectivity index (χ0n) is 19.7. The molecule has 0 saturated heterocycles. The minimum atomic E-state index is -0.708. The summed E-state index contributed by atoms with van der Waals surface area (Å²) < 4.78 is 5.10. The van der Waals surface area contributed by atoms with Crippen LogP contribution in [0.5, 0.6) is 0 Å². The number of para-hydroxylation sites is 1. The molecule has 0 spiro atoms. The number of ether oxygens (including phenoxy) is 1. The molecule has 0 aliphatic heterocycles. The Balaban J connectivity index is 1.97. The Kier molecular flexibility index (Phi) is 8.73. The maximum Gasteiger partial charge on any atom is 0.338 e. The van der Waals surface area contributed by atoms with Crippen LogP contribution in [-0.2, 0) is 14.3 Å². The molecule has 0 heterocycles. The lowest BCUT2D eigenvalue weighted by molar-refractivity contribution is -0.123. The number of amides is 3. The van der Waals surface area contributed by atoms with Gasteiger partial charge in [-0.3, -0.25) is 14.4 Å². The number of benzene rings is 2. The van der Waals surface area contributed by atoms with Crippen LogP contribution in [0.4, 0.5) is 11.4 Å². The topological polar surface area (TPSA) is 114 Å². The quantitative estimate of drug-likeness (QED) is 0.526. The van der Waals surface area contributed by atoms with Crippen LogP contribution in [0.2, 0.25) is 0 Å². The minimum absolute atomic E-state index is 0.191.